The van der Waals surface area contributed by atoms with Crippen LogP contribution in [0.2, 0.25) is 0 Å². The molecule has 1 heterocycles. The number of carbonyl (C=O) groups excluding carboxylic acids is 1. The lowest BCUT2D eigenvalue weighted by Gasteiger charge is -2.07. The Balaban J connectivity index is 2.01. The summed E-state index contributed by atoms with van der Waals surface area (Å²) in [6, 6.07) is 7.22. The summed E-state index contributed by atoms with van der Waals surface area (Å²) in [5, 5.41) is 5.61. The summed E-state index contributed by atoms with van der Waals surface area (Å²) in [5.74, 6) is 1.03. The van der Waals surface area contributed by atoms with E-state index in [2.05, 4.69) is 27.5 Å². The summed E-state index contributed by atoms with van der Waals surface area (Å²) in [6.07, 6.45) is 3.94. The van der Waals surface area contributed by atoms with Gasteiger partial charge in [0.2, 0.25) is 0 Å². The Morgan fingerprint density at radius 1 is 1.24 bits per heavy atom. The molecule has 0 spiro atoms. The van der Waals surface area contributed by atoms with Crippen LogP contribution in [0.5, 0.6) is 5.75 Å². The first kappa shape index (κ1) is 14.8. The summed E-state index contributed by atoms with van der Waals surface area (Å²) >= 11 is 0. The first-order chi connectivity index (χ1) is 10.2. The van der Waals surface area contributed by atoms with E-state index in [4.69, 9.17) is 4.74 Å². The normalized spacial score (nSPS) is 10.0. The number of aromatic nitrogens is 2. The van der Waals surface area contributed by atoms with Crippen LogP contribution < -0.4 is 15.4 Å². The first-order valence-electron chi connectivity index (χ1n) is 6.77. The molecule has 1 aromatic heterocycles. The average molecular weight is 286 g/mol. The van der Waals surface area contributed by atoms with Crippen molar-refractivity contribution in [1.82, 2.24) is 9.97 Å². The Morgan fingerprint density at radius 3 is 2.67 bits per heavy atom. The molecule has 21 heavy (non-hydrogen) atoms. The fourth-order valence-electron chi connectivity index (χ4n) is 1.65. The molecule has 1 amide bonds. The van der Waals surface area contributed by atoms with E-state index < -0.39 is 0 Å². The van der Waals surface area contributed by atoms with Gasteiger partial charge in [-0.3, -0.25) is 9.78 Å². The Kier molecular flexibility index (Phi) is 5.09. The lowest BCUT2D eigenvalue weighted by atomic mass is 10.3. The summed E-state index contributed by atoms with van der Waals surface area (Å²) in [7, 11) is 1.72. The van der Waals surface area contributed by atoms with Gasteiger partial charge in [-0.1, -0.05) is 6.92 Å². The molecule has 0 unspecified atom stereocenters. The molecule has 2 rings (SSSR count). The van der Waals surface area contributed by atoms with Crippen LogP contribution in [0.4, 0.5) is 11.5 Å². The number of amides is 1. The van der Waals surface area contributed by atoms with E-state index in [1.807, 2.05) is 12.1 Å². The van der Waals surface area contributed by atoms with Crippen molar-refractivity contribution in [3.05, 3.63) is 42.4 Å². The molecule has 2 aromatic rings. The van der Waals surface area contributed by atoms with E-state index in [1.54, 1.807) is 25.4 Å². The molecule has 0 saturated carbocycles. The number of nitrogens with zero attached hydrogens (tertiary/aromatic N) is 2. The van der Waals surface area contributed by atoms with Gasteiger partial charge in [0.05, 0.1) is 19.0 Å². The molecule has 0 fully saturated rings. The minimum Gasteiger partial charge on any atom is -0.494 e. The number of hydrogen-bond donors (Lipinski definition) is 2. The summed E-state index contributed by atoms with van der Waals surface area (Å²) in [5.41, 5.74) is 0.939. The Morgan fingerprint density at radius 2 is 2.00 bits per heavy atom. The maximum atomic E-state index is 12.1. The van der Waals surface area contributed by atoms with Crippen LogP contribution in [0.1, 0.15) is 23.8 Å². The molecule has 0 bridgehead atoms. The third-order valence-electron chi connectivity index (χ3n) is 2.71. The largest absolute Gasteiger partial charge is 0.494 e. The molecule has 6 nitrogen and oxygen atoms in total. The summed E-state index contributed by atoms with van der Waals surface area (Å²) in [6.45, 7) is 2.73. The van der Waals surface area contributed by atoms with E-state index in [1.165, 1.54) is 6.20 Å². The van der Waals surface area contributed by atoms with E-state index in [0.29, 0.717) is 18.1 Å². The highest BCUT2D eigenvalue weighted by molar-refractivity contribution is 6.02. The fourth-order valence-corrected chi connectivity index (χ4v) is 1.65. The standard InChI is InChI=1S/C15H18N4O2/c1-3-8-21-12-6-4-11(5-7-12)18-15(20)13-9-17-10-14(16-2)19-13/h4-7,9-10H,3,8H2,1-2H3,(H,16,19)(H,18,20). The maximum absolute atomic E-state index is 12.1. The lowest BCUT2D eigenvalue weighted by molar-refractivity contribution is 0.102. The van der Waals surface area contributed by atoms with Gasteiger partial charge in [0.15, 0.2) is 0 Å². The zero-order chi connectivity index (χ0) is 15.1. The molecule has 0 radical (unpaired) electrons. The van der Waals surface area contributed by atoms with Gasteiger partial charge < -0.3 is 15.4 Å². The van der Waals surface area contributed by atoms with Crippen molar-refractivity contribution < 1.29 is 9.53 Å². The Bertz CT molecular complexity index is 599. The quantitative estimate of drug-likeness (QED) is 0.853. The zero-order valence-electron chi connectivity index (χ0n) is 12.1. The summed E-state index contributed by atoms with van der Waals surface area (Å²) < 4.78 is 5.49. The number of benzene rings is 1. The molecule has 0 atom stereocenters. The van der Waals surface area contributed by atoms with E-state index >= 15 is 0 Å². The van der Waals surface area contributed by atoms with Crippen molar-refractivity contribution in [2.24, 2.45) is 0 Å². The van der Waals surface area contributed by atoms with Gasteiger partial charge in [0, 0.05) is 12.7 Å². The number of ether oxygens (including phenoxy) is 1. The van der Waals surface area contributed by atoms with Crippen LogP contribution >= 0.6 is 0 Å². The van der Waals surface area contributed by atoms with Crippen LogP contribution in [-0.4, -0.2) is 29.5 Å². The molecule has 110 valence electrons. The van der Waals surface area contributed by atoms with Gasteiger partial charge in [-0.15, -0.1) is 0 Å². The number of rotatable bonds is 6. The first-order valence-corrected chi connectivity index (χ1v) is 6.77. The zero-order valence-corrected chi connectivity index (χ0v) is 12.1. The highest BCUT2D eigenvalue weighted by atomic mass is 16.5. The van der Waals surface area contributed by atoms with Crippen LogP contribution in [-0.2, 0) is 0 Å². The smallest absolute Gasteiger partial charge is 0.275 e. The monoisotopic (exact) mass is 286 g/mol. The Labute approximate surface area is 123 Å². The minimum atomic E-state index is -0.304. The van der Waals surface area contributed by atoms with Gasteiger partial charge in [-0.05, 0) is 30.7 Å². The van der Waals surface area contributed by atoms with Crippen molar-refractivity contribution in [1.29, 1.82) is 0 Å². The third-order valence-corrected chi connectivity index (χ3v) is 2.71. The third kappa shape index (κ3) is 4.17. The summed E-state index contributed by atoms with van der Waals surface area (Å²) in [4.78, 5) is 20.2. The predicted octanol–water partition coefficient (Wildman–Crippen LogP) is 2.56. The molecular weight excluding hydrogens is 268 g/mol. The molecular formula is C15H18N4O2. The van der Waals surface area contributed by atoms with Crippen LogP contribution in [0.3, 0.4) is 0 Å². The molecule has 0 aliphatic carbocycles. The molecule has 0 aliphatic heterocycles. The van der Waals surface area contributed by atoms with Crippen LogP contribution in [0, 0.1) is 0 Å². The SMILES string of the molecule is CCCOc1ccc(NC(=O)c2cncc(NC)n2)cc1. The van der Waals surface area contributed by atoms with Gasteiger partial charge in [-0.25, -0.2) is 4.98 Å². The van der Waals surface area contributed by atoms with E-state index in [9.17, 15) is 4.79 Å². The number of nitrogens with one attached hydrogen (secondary N) is 2. The topological polar surface area (TPSA) is 76.1 Å². The maximum Gasteiger partial charge on any atom is 0.275 e. The second-order valence-corrected chi connectivity index (χ2v) is 4.37. The minimum absolute atomic E-state index is 0.258. The Hall–Kier alpha value is -2.63. The van der Waals surface area contributed by atoms with Crippen molar-refractivity contribution in [3.8, 4) is 5.75 Å². The van der Waals surface area contributed by atoms with Crippen molar-refractivity contribution in [2.75, 3.05) is 24.3 Å². The van der Waals surface area contributed by atoms with Gasteiger partial charge in [-0.2, -0.15) is 0 Å². The molecule has 0 aliphatic rings. The van der Waals surface area contributed by atoms with E-state index in [-0.39, 0.29) is 11.6 Å². The van der Waals surface area contributed by atoms with Crippen molar-refractivity contribution in [2.45, 2.75) is 13.3 Å². The van der Waals surface area contributed by atoms with Gasteiger partial charge in [0.1, 0.15) is 17.3 Å². The van der Waals surface area contributed by atoms with E-state index in [0.717, 1.165) is 12.2 Å². The molecule has 0 saturated heterocycles. The molecule has 2 N–H and O–H groups in total. The fraction of sp³-hybridized carbons (Fsp3) is 0.267. The molecule has 1 aromatic carbocycles. The lowest BCUT2D eigenvalue weighted by Crippen LogP contribution is -2.14. The average Bonchev–Trinajstić information content (AvgIpc) is 2.54. The predicted molar refractivity (Wildman–Crippen MR) is 81.8 cm³/mol. The highest BCUT2D eigenvalue weighted by Gasteiger charge is 2.09. The second-order valence-electron chi connectivity index (χ2n) is 4.37. The van der Waals surface area contributed by atoms with Crippen LogP contribution in [0.25, 0.3) is 0 Å². The second kappa shape index (κ2) is 7.23. The van der Waals surface area contributed by atoms with Crippen molar-refractivity contribution in [3.63, 3.8) is 0 Å². The van der Waals surface area contributed by atoms with Crippen molar-refractivity contribution >= 4 is 17.4 Å². The van der Waals surface area contributed by atoms with Gasteiger partial charge >= 0.3 is 0 Å². The number of anilines is 2. The van der Waals surface area contributed by atoms with Gasteiger partial charge in [0.25, 0.3) is 5.91 Å². The molecule has 6 heteroatoms. The number of carbonyl (C=O) groups is 1. The number of hydrogen-bond acceptors (Lipinski definition) is 5. The van der Waals surface area contributed by atoms with Crippen LogP contribution in [0.15, 0.2) is 36.7 Å². The highest BCUT2D eigenvalue weighted by Crippen LogP contribution is 2.16.